The van der Waals surface area contributed by atoms with Crippen LogP contribution in [0.5, 0.6) is 0 Å². The highest BCUT2D eigenvalue weighted by Gasteiger charge is 2.05. The minimum atomic E-state index is 0.0218. The Morgan fingerprint density at radius 1 is 1.50 bits per heavy atom. The molecule has 0 aliphatic rings. The van der Waals surface area contributed by atoms with Crippen LogP contribution in [0.4, 0.5) is 0 Å². The fourth-order valence-electron chi connectivity index (χ4n) is 1.10. The number of thiol groups is 1. The lowest BCUT2D eigenvalue weighted by molar-refractivity contribution is -0.116. The minimum absolute atomic E-state index is 0.0218. The Morgan fingerprint density at radius 3 is 2.71 bits per heavy atom. The molecule has 14 heavy (non-hydrogen) atoms. The molecule has 1 rings (SSSR count). The molecule has 0 aliphatic heterocycles. The second-order valence-electron chi connectivity index (χ2n) is 2.95. The number of hydrogen-bond donors (Lipinski definition) is 1. The summed E-state index contributed by atoms with van der Waals surface area (Å²) < 4.78 is 0. The summed E-state index contributed by atoms with van der Waals surface area (Å²) in [5.41, 5.74) is 2.08. The molecule has 4 heteroatoms. The van der Waals surface area contributed by atoms with Crippen LogP contribution in [0.25, 0.3) is 0 Å². The summed E-state index contributed by atoms with van der Waals surface area (Å²) in [4.78, 5) is 12.0. The smallest absolute Gasteiger partial charge is 0.151 e. The van der Waals surface area contributed by atoms with Gasteiger partial charge >= 0.3 is 0 Å². The van der Waals surface area contributed by atoms with Crippen molar-refractivity contribution >= 4 is 45.9 Å². The largest absolute Gasteiger partial charge is 0.298 e. The zero-order valence-electron chi connectivity index (χ0n) is 7.46. The van der Waals surface area contributed by atoms with Crippen molar-refractivity contribution in [3.05, 3.63) is 29.3 Å². The van der Waals surface area contributed by atoms with Gasteiger partial charge in [-0.2, -0.15) is 0 Å². The molecule has 0 spiro atoms. The molecule has 1 aromatic carbocycles. The molecule has 0 atom stereocenters. The van der Waals surface area contributed by atoms with E-state index in [0.717, 1.165) is 21.4 Å². The SMILES string of the molecule is O=C(CCl)Cc1ccc(CBr)cc1S. The van der Waals surface area contributed by atoms with Crippen LogP contribution in [0.3, 0.4) is 0 Å². The van der Waals surface area contributed by atoms with Crippen LogP contribution in [-0.4, -0.2) is 11.7 Å². The molecule has 0 N–H and O–H groups in total. The number of ketones is 1. The van der Waals surface area contributed by atoms with E-state index >= 15 is 0 Å². The normalized spacial score (nSPS) is 10.2. The first kappa shape index (κ1) is 12.1. The number of rotatable bonds is 4. The molecular weight excluding hydrogens is 284 g/mol. The standard InChI is InChI=1S/C10H10BrClOS/c11-5-7-1-2-8(10(14)3-7)4-9(13)6-12/h1-3,14H,4-6H2. The third-order valence-corrected chi connectivity index (χ3v) is 3.20. The van der Waals surface area contributed by atoms with Crippen molar-refractivity contribution in [2.24, 2.45) is 0 Å². The predicted molar refractivity (Wildman–Crippen MR) is 65.8 cm³/mol. The van der Waals surface area contributed by atoms with Crippen LogP contribution in [0.15, 0.2) is 23.1 Å². The summed E-state index contributed by atoms with van der Waals surface area (Å²) >= 11 is 13.1. The highest BCUT2D eigenvalue weighted by molar-refractivity contribution is 9.08. The molecule has 0 radical (unpaired) electrons. The Kier molecular flexibility index (Phi) is 4.99. The maximum Gasteiger partial charge on any atom is 0.151 e. The maximum absolute atomic E-state index is 11.1. The van der Waals surface area contributed by atoms with Gasteiger partial charge in [-0.25, -0.2) is 0 Å². The average molecular weight is 294 g/mol. The van der Waals surface area contributed by atoms with Crippen LogP contribution < -0.4 is 0 Å². The van der Waals surface area contributed by atoms with Gasteiger partial charge in [0.15, 0.2) is 5.78 Å². The van der Waals surface area contributed by atoms with Gasteiger partial charge < -0.3 is 0 Å². The van der Waals surface area contributed by atoms with Gasteiger partial charge in [-0.05, 0) is 17.2 Å². The molecule has 0 bridgehead atoms. The zero-order valence-corrected chi connectivity index (χ0v) is 10.7. The third kappa shape index (κ3) is 3.30. The topological polar surface area (TPSA) is 17.1 Å². The van der Waals surface area contributed by atoms with E-state index in [0.29, 0.717) is 6.42 Å². The van der Waals surface area contributed by atoms with Gasteiger partial charge in [0.2, 0.25) is 0 Å². The van der Waals surface area contributed by atoms with Gasteiger partial charge in [-0.1, -0.05) is 28.1 Å². The fraction of sp³-hybridized carbons (Fsp3) is 0.300. The number of carbonyl (C=O) groups is 1. The van der Waals surface area contributed by atoms with Crippen molar-refractivity contribution in [1.82, 2.24) is 0 Å². The molecule has 0 heterocycles. The number of benzene rings is 1. The quantitative estimate of drug-likeness (QED) is 0.666. The number of hydrogen-bond acceptors (Lipinski definition) is 2. The summed E-state index contributed by atoms with van der Waals surface area (Å²) in [5.74, 6) is 0.0847. The van der Waals surface area contributed by atoms with Crippen molar-refractivity contribution in [3.8, 4) is 0 Å². The van der Waals surface area contributed by atoms with Crippen molar-refractivity contribution in [2.75, 3.05) is 5.88 Å². The summed E-state index contributed by atoms with van der Waals surface area (Å²) in [7, 11) is 0. The summed E-state index contributed by atoms with van der Waals surface area (Å²) in [6, 6.07) is 5.85. The molecule has 0 saturated heterocycles. The van der Waals surface area contributed by atoms with Crippen molar-refractivity contribution < 1.29 is 4.79 Å². The highest BCUT2D eigenvalue weighted by atomic mass is 79.9. The maximum atomic E-state index is 11.1. The van der Waals surface area contributed by atoms with E-state index in [1.165, 1.54) is 0 Å². The first-order valence-electron chi connectivity index (χ1n) is 4.11. The van der Waals surface area contributed by atoms with Gasteiger partial charge in [-0.15, -0.1) is 24.2 Å². The van der Waals surface area contributed by atoms with Gasteiger partial charge in [0.1, 0.15) is 0 Å². The lowest BCUT2D eigenvalue weighted by Gasteiger charge is -2.04. The lowest BCUT2D eigenvalue weighted by atomic mass is 10.1. The monoisotopic (exact) mass is 292 g/mol. The molecule has 0 saturated carbocycles. The van der Waals surface area contributed by atoms with Crippen molar-refractivity contribution in [3.63, 3.8) is 0 Å². The average Bonchev–Trinajstić information content (AvgIpc) is 2.20. The van der Waals surface area contributed by atoms with Gasteiger partial charge in [0, 0.05) is 16.6 Å². The Morgan fingerprint density at radius 2 is 2.21 bits per heavy atom. The molecule has 1 aromatic rings. The molecule has 0 aromatic heterocycles. The Labute approximate surface area is 102 Å². The third-order valence-electron chi connectivity index (χ3n) is 1.84. The molecule has 0 amide bonds. The Hall–Kier alpha value is 0.01000. The van der Waals surface area contributed by atoms with Crippen molar-refractivity contribution in [2.45, 2.75) is 16.6 Å². The Bertz CT molecular complexity index is 341. The van der Waals surface area contributed by atoms with E-state index in [1.807, 2.05) is 18.2 Å². The summed E-state index contributed by atoms with van der Waals surface area (Å²) in [6.07, 6.45) is 0.366. The van der Waals surface area contributed by atoms with E-state index in [4.69, 9.17) is 11.6 Å². The number of alkyl halides is 2. The highest BCUT2D eigenvalue weighted by Crippen LogP contribution is 2.18. The van der Waals surface area contributed by atoms with Crippen LogP contribution in [0.1, 0.15) is 11.1 Å². The molecule has 0 aliphatic carbocycles. The minimum Gasteiger partial charge on any atom is -0.298 e. The van der Waals surface area contributed by atoms with E-state index in [2.05, 4.69) is 28.6 Å². The first-order valence-corrected chi connectivity index (χ1v) is 6.22. The molecule has 1 nitrogen and oxygen atoms in total. The van der Waals surface area contributed by atoms with Gasteiger partial charge in [0.25, 0.3) is 0 Å². The summed E-state index contributed by atoms with van der Waals surface area (Å²) in [5, 5.41) is 0.796. The number of Topliss-reactive ketones (excluding diaryl/α,β-unsaturated/α-hetero) is 1. The fourth-order valence-corrected chi connectivity index (χ4v) is 1.86. The van der Waals surface area contributed by atoms with Crippen LogP contribution in [-0.2, 0) is 16.5 Å². The zero-order chi connectivity index (χ0) is 10.6. The molecule has 76 valence electrons. The first-order chi connectivity index (χ1) is 6.67. The van der Waals surface area contributed by atoms with Crippen LogP contribution >= 0.6 is 40.2 Å². The number of carbonyl (C=O) groups excluding carboxylic acids is 1. The molecule has 0 unspecified atom stereocenters. The van der Waals surface area contributed by atoms with E-state index in [1.54, 1.807) is 0 Å². The molecular formula is C10H10BrClOS. The molecule has 0 fully saturated rings. The van der Waals surface area contributed by atoms with Crippen LogP contribution in [0.2, 0.25) is 0 Å². The van der Waals surface area contributed by atoms with E-state index in [-0.39, 0.29) is 11.7 Å². The second kappa shape index (κ2) is 5.79. The number of halogens is 2. The van der Waals surface area contributed by atoms with Gasteiger partial charge in [0.05, 0.1) is 5.88 Å². The lowest BCUT2D eigenvalue weighted by Crippen LogP contribution is -2.04. The van der Waals surface area contributed by atoms with Crippen LogP contribution in [0, 0.1) is 0 Å². The van der Waals surface area contributed by atoms with Gasteiger partial charge in [-0.3, -0.25) is 4.79 Å². The summed E-state index contributed by atoms with van der Waals surface area (Å²) in [6.45, 7) is 0. The van der Waals surface area contributed by atoms with E-state index in [9.17, 15) is 4.79 Å². The van der Waals surface area contributed by atoms with Crippen molar-refractivity contribution in [1.29, 1.82) is 0 Å². The predicted octanol–water partition coefficient (Wildman–Crippen LogP) is 3.22. The Balaban J connectivity index is 2.83. The van der Waals surface area contributed by atoms with E-state index < -0.39 is 0 Å². The second-order valence-corrected chi connectivity index (χ2v) is 4.26.